The highest BCUT2D eigenvalue weighted by Gasteiger charge is 2.05. The first kappa shape index (κ1) is 12.7. The molecule has 0 saturated carbocycles. The van der Waals surface area contributed by atoms with Crippen molar-refractivity contribution in [1.82, 2.24) is 0 Å². The molecule has 3 nitrogen and oxygen atoms in total. The van der Waals surface area contributed by atoms with Crippen molar-refractivity contribution in [3.8, 4) is 17.9 Å². The molecule has 0 unspecified atom stereocenters. The SMILES string of the molecule is N#CCC#Cc1ccc(CCC(=O)O)c(F)c1. The number of carboxylic acids is 1. The number of hydrogen-bond acceptors (Lipinski definition) is 2. The van der Waals surface area contributed by atoms with E-state index in [0.29, 0.717) is 11.1 Å². The van der Waals surface area contributed by atoms with Gasteiger partial charge >= 0.3 is 5.97 Å². The molecule has 0 spiro atoms. The lowest BCUT2D eigenvalue weighted by molar-refractivity contribution is -0.136. The fraction of sp³-hybridized carbons (Fsp3) is 0.231. The third-order valence-corrected chi connectivity index (χ3v) is 2.06. The van der Waals surface area contributed by atoms with Gasteiger partial charge < -0.3 is 5.11 Å². The minimum absolute atomic E-state index is 0.0996. The van der Waals surface area contributed by atoms with E-state index in [-0.39, 0.29) is 19.3 Å². The topological polar surface area (TPSA) is 61.1 Å². The molecule has 1 aromatic carbocycles. The van der Waals surface area contributed by atoms with E-state index in [1.807, 2.05) is 6.07 Å². The Bertz CT molecular complexity index is 520. The summed E-state index contributed by atoms with van der Waals surface area (Å²) < 4.78 is 13.5. The van der Waals surface area contributed by atoms with Crippen LogP contribution in [0.5, 0.6) is 0 Å². The van der Waals surface area contributed by atoms with Crippen molar-refractivity contribution >= 4 is 5.97 Å². The van der Waals surface area contributed by atoms with Crippen molar-refractivity contribution in [3.63, 3.8) is 0 Å². The van der Waals surface area contributed by atoms with Gasteiger partial charge in [0.25, 0.3) is 0 Å². The highest BCUT2D eigenvalue weighted by molar-refractivity contribution is 5.67. The number of halogens is 1. The van der Waals surface area contributed by atoms with E-state index in [1.54, 1.807) is 6.07 Å². The third-order valence-electron chi connectivity index (χ3n) is 2.06. The second kappa shape index (κ2) is 6.30. The summed E-state index contributed by atoms with van der Waals surface area (Å²) in [5.41, 5.74) is 0.843. The minimum Gasteiger partial charge on any atom is -0.481 e. The van der Waals surface area contributed by atoms with Crippen molar-refractivity contribution < 1.29 is 14.3 Å². The predicted molar refractivity (Wildman–Crippen MR) is 59.5 cm³/mol. The maximum atomic E-state index is 13.5. The van der Waals surface area contributed by atoms with E-state index in [9.17, 15) is 9.18 Å². The number of carboxylic acid groups (broad SMARTS) is 1. The van der Waals surface area contributed by atoms with Crippen LogP contribution in [-0.2, 0) is 11.2 Å². The van der Waals surface area contributed by atoms with Gasteiger partial charge in [-0.2, -0.15) is 5.26 Å². The summed E-state index contributed by atoms with van der Waals surface area (Å²) in [6.45, 7) is 0. The summed E-state index contributed by atoms with van der Waals surface area (Å²) in [7, 11) is 0. The summed E-state index contributed by atoms with van der Waals surface area (Å²) in [6, 6.07) is 6.25. The normalized spacial score (nSPS) is 8.94. The Morgan fingerprint density at radius 3 is 2.82 bits per heavy atom. The van der Waals surface area contributed by atoms with Gasteiger partial charge in [0.1, 0.15) is 5.82 Å². The van der Waals surface area contributed by atoms with Gasteiger partial charge in [-0.25, -0.2) is 4.39 Å². The first-order chi connectivity index (χ1) is 8.13. The van der Waals surface area contributed by atoms with Gasteiger partial charge in [0, 0.05) is 12.0 Å². The molecule has 0 aliphatic heterocycles. The molecule has 1 aromatic rings. The number of aryl methyl sites for hydroxylation is 1. The summed E-state index contributed by atoms with van der Waals surface area (Å²) in [6.07, 6.45) is 0.159. The molecular weight excluding hydrogens is 221 g/mol. The summed E-state index contributed by atoms with van der Waals surface area (Å²) in [4.78, 5) is 10.3. The number of benzene rings is 1. The fourth-order valence-electron chi connectivity index (χ4n) is 1.26. The Kier molecular flexibility index (Phi) is 4.72. The van der Waals surface area contributed by atoms with Crippen LogP contribution in [0.2, 0.25) is 0 Å². The lowest BCUT2D eigenvalue weighted by Crippen LogP contribution is -1.99. The van der Waals surface area contributed by atoms with E-state index in [2.05, 4.69) is 11.8 Å². The molecule has 86 valence electrons. The number of nitrogens with zero attached hydrogens (tertiary/aromatic N) is 1. The van der Waals surface area contributed by atoms with E-state index in [0.717, 1.165) is 0 Å². The van der Waals surface area contributed by atoms with Gasteiger partial charge in [-0.3, -0.25) is 4.79 Å². The average Bonchev–Trinajstić information content (AvgIpc) is 2.28. The zero-order chi connectivity index (χ0) is 12.7. The Morgan fingerprint density at radius 2 is 2.24 bits per heavy atom. The molecule has 0 radical (unpaired) electrons. The van der Waals surface area contributed by atoms with Crippen LogP contribution >= 0.6 is 0 Å². The molecule has 0 aliphatic carbocycles. The monoisotopic (exact) mass is 231 g/mol. The average molecular weight is 231 g/mol. The van der Waals surface area contributed by atoms with Crippen molar-refractivity contribution in [2.24, 2.45) is 0 Å². The van der Waals surface area contributed by atoms with Crippen molar-refractivity contribution in [1.29, 1.82) is 5.26 Å². The van der Waals surface area contributed by atoms with Gasteiger partial charge in [0.2, 0.25) is 0 Å². The van der Waals surface area contributed by atoms with E-state index < -0.39 is 11.8 Å². The van der Waals surface area contributed by atoms with Crippen LogP contribution in [0, 0.1) is 29.0 Å². The molecule has 1 rings (SSSR count). The minimum atomic E-state index is -0.956. The number of nitriles is 1. The molecular formula is C13H10FNO2. The smallest absolute Gasteiger partial charge is 0.303 e. The molecule has 0 aromatic heterocycles. The second-order valence-corrected chi connectivity index (χ2v) is 3.34. The molecule has 1 N–H and O–H groups in total. The molecule has 0 amide bonds. The maximum Gasteiger partial charge on any atom is 0.303 e. The standard InChI is InChI=1S/C13H10FNO2/c14-12-9-10(3-1-2-8-15)4-5-11(12)6-7-13(16)17/h4-5,9H,2,6-7H2,(H,16,17). The summed E-state index contributed by atoms with van der Waals surface area (Å²) >= 11 is 0. The number of aliphatic carboxylic acids is 1. The first-order valence-corrected chi connectivity index (χ1v) is 4.99. The molecule has 0 bridgehead atoms. The van der Waals surface area contributed by atoms with Crippen molar-refractivity contribution in [2.75, 3.05) is 0 Å². The van der Waals surface area contributed by atoms with Crippen LogP contribution in [0.3, 0.4) is 0 Å². The van der Waals surface area contributed by atoms with Crippen LogP contribution in [0.4, 0.5) is 4.39 Å². The van der Waals surface area contributed by atoms with Crippen LogP contribution in [-0.4, -0.2) is 11.1 Å². The molecule has 0 atom stereocenters. The Balaban J connectivity index is 2.77. The lowest BCUT2D eigenvalue weighted by atomic mass is 10.1. The largest absolute Gasteiger partial charge is 0.481 e. The third kappa shape index (κ3) is 4.36. The van der Waals surface area contributed by atoms with Crippen LogP contribution in [0.1, 0.15) is 24.0 Å². The predicted octanol–water partition coefficient (Wildman–Crippen LogP) is 2.11. The Hall–Kier alpha value is -2.33. The van der Waals surface area contributed by atoms with Gasteiger partial charge in [-0.05, 0) is 24.1 Å². The highest BCUT2D eigenvalue weighted by Crippen LogP contribution is 2.12. The zero-order valence-electron chi connectivity index (χ0n) is 9.03. The number of hydrogen-bond donors (Lipinski definition) is 1. The molecule has 0 heterocycles. The van der Waals surface area contributed by atoms with Gasteiger partial charge in [-0.1, -0.05) is 17.9 Å². The molecule has 0 saturated heterocycles. The van der Waals surface area contributed by atoms with E-state index in [1.165, 1.54) is 12.1 Å². The molecule has 0 aliphatic rings. The molecule has 0 fully saturated rings. The van der Waals surface area contributed by atoms with Crippen molar-refractivity contribution in [2.45, 2.75) is 19.3 Å². The zero-order valence-corrected chi connectivity index (χ0v) is 9.03. The quantitative estimate of drug-likeness (QED) is 0.810. The fourth-order valence-corrected chi connectivity index (χ4v) is 1.26. The van der Waals surface area contributed by atoms with E-state index in [4.69, 9.17) is 10.4 Å². The number of rotatable bonds is 3. The van der Waals surface area contributed by atoms with Crippen molar-refractivity contribution in [3.05, 3.63) is 35.1 Å². The Morgan fingerprint density at radius 1 is 1.47 bits per heavy atom. The Labute approximate surface area is 98.5 Å². The molecule has 17 heavy (non-hydrogen) atoms. The van der Waals surface area contributed by atoms with Gasteiger partial charge in [-0.15, -0.1) is 0 Å². The van der Waals surface area contributed by atoms with E-state index >= 15 is 0 Å². The van der Waals surface area contributed by atoms with Crippen LogP contribution in [0.25, 0.3) is 0 Å². The van der Waals surface area contributed by atoms with Crippen LogP contribution < -0.4 is 0 Å². The van der Waals surface area contributed by atoms with Crippen LogP contribution in [0.15, 0.2) is 18.2 Å². The van der Waals surface area contributed by atoms with Gasteiger partial charge in [0.15, 0.2) is 0 Å². The maximum absolute atomic E-state index is 13.5. The first-order valence-electron chi connectivity index (χ1n) is 4.99. The molecule has 4 heteroatoms. The summed E-state index contributed by atoms with van der Waals surface area (Å²) in [5, 5.41) is 16.8. The summed E-state index contributed by atoms with van der Waals surface area (Å²) in [5.74, 6) is 3.81. The van der Waals surface area contributed by atoms with Gasteiger partial charge in [0.05, 0.1) is 12.5 Å². The highest BCUT2D eigenvalue weighted by atomic mass is 19.1. The lowest BCUT2D eigenvalue weighted by Gasteiger charge is -2.01. The number of carbonyl (C=O) groups is 1. The second-order valence-electron chi connectivity index (χ2n) is 3.34.